The summed E-state index contributed by atoms with van der Waals surface area (Å²) in [5.41, 5.74) is -1.01. The molecule has 0 aromatic heterocycles. The summed E-state index contributed by atoms with van der Waals surface area (Å²) in [7, 11) is 0. The highest BCUT2D eigenvalue weighted by molar-refractivity contribution is 6.01. The molecule has 1 aliphatic carbocycles. The van der Waals surface area contributed by atoms with Crippen molar-refractivity contribution < 1.29 is 19.1 Å². The minimum atomic E-state index is -1.01. The van der Waals surface area contributed by atoms with E-state index in [1.54, 1.807) is 0 Å². The number of hydrogen-bond donors (Lipinski definition) is 0. The van der Waals surface area contributed by atoms with Crippen molar-refractivity contribution in [3.63, 3.8) is 0 Å². The van der Waals surface area contributed by atoms with Crippen LogP contribution in [0.1, 0.15) is 187 Å². The Hall–Kier alpha value is -1.06. The van der Waals surface area contributed by atoms with E-state index in [4.69, 9.17) is 9.47 Å². The second-order valence-electron chi connectivity index (χ2n) is 12.0. The van der Waals surface area contributed by atoms with Crippen LogP contribution in [-0.4, -0.2) is 25.2 Å². The van der Waals surface area contributed by atoms with Crippen LogP contribution in [0.15, 0.2) is 0 Å². The van der Waals surface area contributed by atoms with Crippen LogP contribution < -0.4 is 0 Å². The fraction of sp³-hybridized carbons (Fsp3) is 0.941. The van der Waals surface area contributed by atoms with E-state index in [0.29, 0.717) is 26.1 Å². The Morgan fingerprint density at radius 2 is 0.711 bits per heavy atom. The first-order valence-electron chi connectivity index (χ1n) is 17.0. The second-order valence-corrected chi connectivity index (χ2v) is 12.0. The predicted molar refractivity (Wildman–Crippen MR) is 160 cm³/mol. The third kappa shape index (κ3) is 16.8. The van der Waals surface area contributed by atoms with Gasteiger partial charge >= 0.3 is 11.9 Å². The van der Waals surface area contributed by atoms with Crippen molar-refractivity contribution in [3.8, 4) is 0 Å². The molecule has 4 nitrogen and oxygen atoms in total. The fourth-order valence-corrected chi connectivity index (χ4v) is 5.51. The molecule has 0 amide bonds. The van der Waals surface area contributed by atoms with Crippen LogP contribution in [0.25, 0.3) is 0 Å². The molecule has 0 aliphatic heterocycles. The van der Waals surface area contributed by atoms with Crippen molar-refractivity contribution in [2.45, 2.75) is 187 Å². The van der Waals surface area contributed by atoms with Gasteiger partial charge in [0.05, 0.1) is 13.2 Å². The molecule has 1 rings (SSSR count). The van der Waals surface area contributed by atoms with Gasteiger partial charge in [-0.1, -0.05) is 155 Å². The minimum Gasteiger partial charge on any atom is -0.465 e. The Morgan fingerprint density at radius 1 is 0.447 bits per heavy atom. The molecule has 0 unspecified atom stereocenters. The number of rotatable bonds is 28. The van der Waals surface area contributed by atoms with E-state index in [0.717, 1.165) is 32.1 Å². The molecule has 0 atom stereocenters. The van der Waals surface area contributed by atoms with Crippen molar-refractivity contribution in [1.29, 1.82) is 0 Å². The van der Waals surface area contributed by atoms with Crippen LogP contribution in [0.2, 0.25) is 0 Å². The maximum Gasteiger partial charge on any atom is 0.323 e. The normalized spacial score (nSPS) is 14.3. The zero-order valence-corrected chi connectivity index (χ0v) is 25.6. The standard InChI is InChI=1S/C34H64O4/c1-3-5-7-9-11-13-15-17-19-21-23-25-30-37-32(35)34(28-27-29-34)33(36)38-31-26-24-22-20-18-16-14-12-10-8-6-4-2/h3-31H2,1-2H3. The third-order valence-corrected chi connectivity index (χ3v) is 8.45. The number of hydrogen-bond acceptors (Lipinski definition) is 4. The van der Waals surface area contributed by atoms with E-state index in [1.165, 1.54) is 128 Å². The largest absolute Gasteiger partial charge is 0.465 e. The number of carbonyl (C=O) groups excluding carboxylic acids is 2. The molecule has 38 heavy (non-hydrogen) atoms. The molecule has 0 aromatic rings. The molecule has 0 spiro atoms. The van der Waals surface area contributed by atoms with Gasteiger partial charge in [0.15, 0.2) is 5.41 Å². The fourth-order valence-electron chi connectivity index (χ4n) is 5.51. The van der Waals surface area contributed by atoms with Crippen molar-refractivity contribution in [2.24, 2.45) is 5.41 Å². The first-order valence-corrected chi connectivity index (χ1v) is 17.0. The molecule has 0 radical (unpaired) electrons. The number of unbranched alkanes of at least 4 members (excludes halogenated alkanes) is 22. The third-order valence-electron chi connectivity index (χ3n) is 8.45. The van der Waals surface area contributed by atoms with Crippen LogP contribution >= 0.6 is 0 Å². The summed E-state index contributed by atoms with van der Waals surface area (Å²) in [4.78, 5) is 25.4. The van der Waals surface area contributed by atoms with Gasteiger partial charge in [0.2, 0.25) is 0 Å². The summed E-state index contributed by atoms with van der Waals surface area (Å²) in [6.07, 6.45) is 32.9. The molecule has 0 aromatic carbocycles. The van der Waals surface area contributed by atoms with Crippen molar-refractivity contribution in [1.82, 2.24) is 0 Å². The first-order chi connectivity index (χ1) is 18.7. The van der Waals surface area contributed by atoms with Crippen LogP contribution in [0.3, 0.4) is 0 Å². The van der Waals surface area contributed by atoms with Gasteiger partial charge in [0.1, 0.15) is 0 Å². The summed E-state index contributed by atoms with van der Waals surface area (Å²) in [5, 5.41) is 0. The summed E-state index contributed by atoms with van der Waals surface area (Å²) in [6, 6.07) is 0. The van der Waals surface area contributed by atoms with Gasteiger partial charge in [-0.2, -0.15) is 0 Å². The Labute approximate surface area is 236 Å². The smallest absolute Gasteiger partial charge is 0.323 e. The summed E-state index contributed by atoms with van der Waals surface area (Å²) < 4.78 is 11.1. The molecule has 0 saturated heterocycles. The molecule has 1 fully saturated rings. The lowest BCUT2D eigenvalue weighted by atomic mass is 9.69. The highest BCUT2D eigenvalue weighted by atomic mass is 16.6. The highest BCUT2D eigenvalue weighted by Gasteiger charge is 2.53. The van der Waals surface area contributed by atoms with E-state index < -0.39 is 5.41 Å². The van der Waals surface area contributed by atoms with Gasteiger partial charge in [-0.15, -0.1) is 0 Å². The monoisotopic (exact) mass is 536 g/mol. The lowest BCUT2D eigenvalue weighted by Crippen LogP contribution is -2.47. The van der Waals surface area contributed by atoms with Gasteiger partial charge in [-0.25, -0.2) is 0 Å². The Morgan fingerprint density at radius 3 is 0.947 bits per heavy atom. The average Bonchev–Trinajstić information content (AvgIpc) is 2.89. The molecule has 4 heteroatoms. The molecule has 224 valence electrons. The van der Waals surface area contributed by atoms with Crippen molar-refractivity contribution in [3.05, 3.63) is 0 Å². The number of ether oxygens (including phenoxy) is 2. The SMILES string of the molecule is CCCCCCCCCCCCCCOC(=O)C1(C(=O)OCCCCCCCCCCCCCC)CCC1. The van der Waals surface area contributed by atoms with E-state index in [2.05, 4.69) is 13.8 Å². The zero-order chi connectivity index (χ0) is 27.6. The predicted octanol–water partition coefficient (Wildman–Crippen LogP) is 10.6. The molecular weight excluding hydrogens is 472 g/mol. The van der Waals surface area contributed by atoms with E-state index >= 15 is 0 Å². The maximum atomic E-state index is 12.7. The van der Waals surface area contributed by atoms with E-state index in [9.17, 15) is 9.59 Å². The summed E-state index contributed by atoms with van der Waals surface area (Å²) >= 11 is 0. The van der Waals surface area contributed by atoms with Gasteiger partial charge in [0, 0.05) is 0 Å². The Balaban J connectivity index is 1.97. The topological polar surface area (TPSA) is 52.6 Å². The van der Waals surface area contributed by atoms with E-state index in [-0.39, 0.29) is 11.9 Å². The first kappa shape index (κ1) is 35.0. The number of esters is 2. The van der Waals surface area contributed by atoms with Crippen molar-refractivity contribution >= 4 is 11.9 Å². The minimum absolute atomic E-state index is 0.341. The molecular formula is C34H64O4. The van der Waals surface area contributed by atoms with Crippen LogP contribution in [-0.2, 0) is 19.1 Å². The van der Waals surface area contributed by atoms with Crippen LogP contribution in [0.4, 0.5) is 0 Å². The summed E-state index contributed by atoms with van der Waals surface area (Å²) in [6.45, 7) is 5.40. The number of carbonyl (C=O) groups is 2. The molecule has 0 bridgehead atoms. The molecule has 1 saturated carbocycles. The Bertz CT molecular complexity index is 511. The quantitative estimate of drug-likeness (QED) is 0.0567. The molecule has 0 N–H and O–H groups in total. The van der Waals surface area contributed by atoms with Gasteiger partial charge in [-0.3, -0.25) is 9.59 Å². The zero-order valence-electron chi connectivity index (χ0n) is 25.6. The molecule has 1 aliphatic rings. The van der Waals surface area contributed by atoms with E-state index in [1.807, 2.05) is 0 Å². The highest BCUT2D eigenvalue weighted by Crippen LogP contribution is 2.43. The lowest BCUT2D eigenvalue weighted by molar-refractivity contribution is -0.179. The lowest BCUT2D eigenvalue weighted by Gasteiger charge is -2.36. The Kier molecular flexibility index (Phi) is 23.0. The van der Waals surface area contributed by atoms with Gasteiger partial charge < -0.3 is 9.47 Å². The maximum absolute atomic E-state index is 12.7. The van der Waals surface area contributed by atoms with Crippen LogP contribution in [0, 0.1) is 5.41 Å². The summed E-state index contributed by atoms with van der Waals surface area (Å²) in [5.74, 6) is -0.682. The van der Waals surface area contributed by atoms with Gasteiger partial charge in [-0.05, 0) is 32.1 Å². The second kappa shape index (κ2) is 24.9. The van der Waals surface area contributed by atoms with Gasteiger partial charge in [0.25, 0.3) is 0 Å². The average molecular weight is 537 g/mol. The van der Waals surface area contributed by atoms with Crippen molar-refractivity contribution in [2.75, 3.05) is 13.2 Å². The molecule has 0 heterocycles. The van der Waals surface area contributed by atoms with Crippen LogP contribution in [0.5, 0.6) is 0 Å².